The Hall–Kier alpha value is -6.64. The van der Waals surface area contributed by atoms with Gasteiger partial charge < -0.3 is 9.13 Å². The van der Waals surface area contributed by atoms with Gasteiger partial charge in [0.25, 0.3) is 0 Å². The highest BCUT2D eigenvalue weighted by Gasteiger charge is 2.16. The first kappa shape index (κ1) is 16.2. The maximum Gasteiger partial charge on any atom is 0.0651 e. The zero-order chi connectivity index (χ0) is 47.8. The zero-order valence-corrected chi connectivity index (χ0v) is 26.1. The minimum atomic E-state index is -0.657. The Bertz CT molecular complexity index is 3820. The summed E-state index contributed by atoms with van der Waals surface area (Å²) in [6.45, 7) is 0. The van der Waals surface area contributed by atoms with Crippen LogP contribution < -0.4 is 0 Å². The predicted octanol–water partition coefficient (Wildman–Crippen LogP) is 12.9. The van der Waals surface area contributed by atoms with Crippen LogP contribution in [0.1, 0.15) is 23.3 Å². The molecule has 0 N–H and O–H groups in total. The standard InChI is InChI=1S/C48H32N2/c1-3-13-33(14-4-1)35-17-11-19-39(29-35)49-45-23-9-7-21-41(45)43-31-37(25-27-47(43)49)38-26-28-48-44(32-38)42-22-8-10-24-46(42)50(48)40-20-12-18-36(30-40)34-15-5-2-6-16-34/h1-32H/i1D,2D,3D,4D,5D,6D,11D,12D,13D,14D,15D,17D,18D,19D,20D,29D,30D. The monoisotopic (exact) mass is 653 g/mol. The second-order valence-corrected chi connectivity index (χ2v) is 11.7. The number of fused-ring (bicyclic) bond motifs is 6. The molecule has 0 aliphatic carbocycles. The first-order valence-corrected chi connectivity index (χ1v) is 15.8. The molecule has 0 atom stereocenters. The molecule has 0 aliphatic rings. The van der Waals surface area contributed by atoms with E-state index in [-0.39, 0.29) is 40.1 Å². The Morgan fingerprint density at radius 3 is 1.36 bits per heavy atom. The van der Waals surface area contributed by atoms with Crippen LogP contribution in [0.3, 0.4) is 0 Å². The van der Waals surface area contributed by atoms with Crippen molar-refractivity contribution < 1.29 is 23.3 Å². The molecule has 0 unspecified atom stereocenters. The van der Waals surface area contributed by atoms with Gasteiger partial charge in [0.15, 0.2) is 0 Å². The van der Waals surface area contributed by atoms with Crippen molar-refractivity contribution in [3.05, 3.63) is 194 Å². The molecule has 8 aromatic carbocycles. The van der Waals surface area contributed by atoms with Gasteiger partial charge in [-0.1, -0.05) is 133 Å². The van der Waals surface area contributed by atoms with Crippen molar-refractivity contribution in [1.29, 1.82) is 0 Å². The second-order valence-electron chi connectivity index (χ2n) is 11.7. The van der Waals surface area contributed by atoms with Crippen LogP contribution in [0.25, 0.3) is 88.4 Å². The van der Waals surface area contributed by atoms with Crippen molar-refractivity contribution in [3.8, 4) is 44.8 Å². The van der Waals surface area contributed by atoms with Gasteiger partial charge in [0.05, 0.1) is 45.4 Å². The second kappa shape index (κ2) is 11.5. The lowest BCUT2D eigenvalue weighted by atomic mass is 10.0. The summed E-state index contributed by atoms with van der Waals surface area (Å²) in [6, 6.07) is 18.0. The maximum atomic E-state index is 9.44. The average Bonchev–Trinajstić information content (AvgIpc) is 3.83. The average molecular weight is 654 g/mol. The molecule has 234 valence electrons. The van der Waals surface area contributed by atoms with E-state index in [9.17, 15) is 2.74 Å². The molecule has 0 spiro atoms. The van der Waals surface area contributed by atoms with E-state index in [2.05, 4.69) is 0 Å². The normalized spacial score (nSPS) is 16.4. The van der Waals surface area contributed by atoms with E-state index in [0.717, 1.165) is 33.4 Å². The summed E-state index contributed by atoms with van der Waals surface area (Å²) in [6.07, 6.45) is 0. The number of benzene rings is 8. The van der Waals surface area contributed by atoms with Crippen LogP contribution in [-0.4, -0.2) is 9.13 Å². The van der Waals surface area contributed by atoms with E-state index in [1.807, 2.05) is 54.6 Å². The van der Waals surface area contributed by atoms with Crippen LogP contribution in [0, 0.1) is 0 Å². The molecule has 2 heterocycles. The third-order valence-corrected chi connectivity index (χ3v) is 8.92. The van der Waals surface area contributed by atoms with E-state index < -0.39 is 96.2 Å². The summed E-state index contributed by atoms with van der Waals surface area (Å²) < 4.78 is 151. The number of nitrogens with zero attached hydrogens (tertiary/aromatic N) is 2. The first-order chi connectivity index (χ1) is 31.9. The van der Waals surface area contributed by atoms with Crippen molar-refractivity contribution >= 4 is 43.6 Å². The van der Waals surface area contributed by atoms with Gasteiger partial charge in [0, 0.05) is 32.9 Å². The molecule has 10 rings (SSSR count). The van der Waals surface area contributed by atoms with Gasteiger partial charge in [0.1, 0.15) is 0 Å². The minimum Gasteiger partial charge on any atom is -0.309 e. The molecule has 0 amide bonds. The summed E-state index contributed by atoms with van der Waals surface area (Å²) >= 11 is 0. The molecule has 0 aliphatic heterocycles. The molecule has 0 radical (unpaired) electrons. The fraction of sp³-hybridized carbons (Fsp3) is 0. The van der Waals surface area contributed by atoms with Crippen LogP contribution in [0.15, 0.2) is 194 Å². The fourth-order valence-corrected chi connectivity index (χ4v) is 6.73. The van der Waals surface area contributed by atoms with Gasteiger partial charge >= 0.3 is 0 Å². The Morgan fingerprint density at radius 2 is 0.780 bits per heavy atom. The molecule has 2 heteroatoms. The summed E-state index contributed by atoms with van der Waals surface area (Å²) in [7, 11) is 0. The van der Waals surface area contributed by atoms with Crippen molar-refractivity contribution in [1.82, 2.24) is 9.13 Å². The molecular formula is C48H32N2. The first-order valence-electron chi connectivity index (χ1n) is 24.3. The highest BCUT2D eigenvalue weighted by molar-refractivity contribution is 6.12. The number of para-hydroxylation sites is 2. The van der Waals surface area contributed by atoms with Crippen LogP contribution >= 0.6 is 0 Å². The van der Waals surface area contributed by atoms with E-state index >= 15 is 0 Å². The van der Waals surface area contributed by atoms with Crippen molar-refractivity contribution in [2.24, 2.45) is 0 Å². The largest absolute Gasteiger partial charge is 0.309 e. The highest BCUT2D eigenvalue weighted by atomic mass is 15.0. The molecule has 0 saturated carbocycles. The van der Waals surface area contributed by atoms with E-state index in [1.165, 1.54) is 0 Å². The number of hydrogen-bond acceptors (Lipinski definition) is 0. The third kappa shape index (κ3) is 4.57. The topological polar surface area (TPSA) is 9.86 Å². The quantitative estimate of drug-likeness (QED) is 0.175. The molecule has 2 aromatic heterocycles. The van der Waals surface area contributed by atoms with Gasteiger partial charge in [-0.15, -0.1) is 0 Å². The fourth-order valence-electron chi connectivity index (χ4n) is 6.73. The molecule has 0 fully saturated rings. The number of hydrogen-bond donors (Lipinski definition) is 0. The number of aromatic nitrogens is 2. The van der Waals surface area contributed by atoms with Crippen molar-refractivity contribution in [2.45, 2.75) is 0 Å². The third-order valence-electron chi connectivity index (χ3n) is 8.92. The molecule has 2 nitrogen and oxygen atoms in total. The number of rotatable bonds is 5. The smallest absolute Gasteiger partial charge is 0.0651 e. The lowest BCUT2D eigenvalue weighted by Gasteiger charge is -2.11. The van der Waals surface area contributed by atoms with E-state index in [4.69, 9.17) is 20.6 Å². The molecule has 0 bridgehead atoms. The van der Waals surface area contributed by atoms with Gasteiger partial charge in [-0.2, -0.15) is 0 Å². The van der Waals surface area contributed by atoms with Gasteiger partial charge in [-0.25, -0.2) is 0 Å². The van der Waals surface area contributed by atoms with Crippen LogP contribution in [0.2, 0.25) is 0 Å². The maximum absolute atomic E-state index is 9.44. The minimum absolute atomic E-state index is 0.0388. The molecule has 50 heavy (non-hydrogen) atoms. The van der Waals surface area contributed by atoms with Crippen LogP contribution in [0.4, 0.5) is 0 Å². The zero-order valence-electron chi connectivity index (χ0n) is 43.1. The van der Waals surface area contributed by atoms with Gasteiger partial charge in [-0.05, 0) is 93.9 Å². The van der Waals surface area contributed by atoms with E-state index in [0.29, 0.717) is 27.5 Å². The van der Waals surface area contributed by atoms with Crippen molar-refractivity contribution in [2.75, 3.05) is 0 Å². The molecule has 0 saturated heterocycles. The summed E-state index contributed by atoms with van der Waals surface area (Å²) in [5, 5.41) is 2.87. The Balaban J connectivity index is 1.18. The van der Waals surface area contributed by atoms with Crippen LogP contribution in [-0.2, 0) is 0 Å². The summed E-state index contributed by atoms with van der Waals surface area (Å²) in [5.41, 5.74) is 2.49. The predicted molar refractivity (Wildman–Crippen MR) is 211 cm³/mol. The molecular weight excluding hydrogens is 605 g/mol. The summed E-state index contributed by atoms with van der Waals surface area (Å²) in [5.74, 6) is 0. The van der Waals surface area contributed by atoms with Gasteiger partial charge in [0.2, 0.25) is 0 Å². The Kier molecular flexibility index (Phi) is 3.72. The SMILES string of the molecule is [2H]c1cc(-c2c([2H])c([2H])c([2H])c(-n3c4ccccc4c4cc(-c5ccc6c(c5)c5ccccc5n6-c5c([2H])c([2H])c([2H])c(-c6c([2H])c([2H])c([2H])c([2H])c6[2H])c5[2H])ccc43)c2[2H])c([2H])c([2H])c1[2H]. The lowest BCUT2D eigenvalue weighted by Crippen LogP contribution is -1.94. The lowest BCUT2D eigenvalue weighted by molar-refractivity contribution is 1.18. The summed E-state index contributed by atoms with van der Waals surface area (Å²) in [4.78, 5) is 0. The highest BCUT2D eigenvalue weighted by Crippen LogP contribution is 2.39. The van der Waals surface area contributed by atoms with E-state index in [1.54, 1.807) is 39.5 Å². The van der Waals surface area contributed by atoms with Gasteiger partial charge in [-0.3, -0.25) is 0 Å². The Labute approximate surface area is 314 Å². The molecule has 10 aromatic rings. The van der Waals surface area contributed by atoms with Crippen molar-refractivity contribution in [3.63, 3.8) is 0 Å². The Morgan fingerprint density at radius 1 is 0.320 bits per heavy atom. The van der Waals surface area contributed by atoms with Crippen LogP contribution in [0.5, 0.6) is 0 Å².